The van der Waals surface area contributed by atoms with Crippen LogP contribution in [0.5, 0.6) is 0 Å². The van der Waals surface area contributed by atoms with Crippen LogP contribution >= 0.6 is 0 Å². The van der Waals surface area contributed by atoms with Crippen LogP contribution < -0.4 is 5.32 Å². The van der Waals surface area contributed by atoms with E-state index >= 15 is 0 Å². The Morgan fingerprint density at radius 1 is 1.08 bits per heavy atom. The van der Waals surface area contributed by atoms with Gasteiger partial charge in [-0.3, -0.25) is 19.8 Å². The molecule has 134 valence electrons. The summed E-state index contributed by atoms with van der Waals surface area (Å²) in [6, 6.07) is 10.2. The van der Waals surface area contributed by atoms with Gasteiger partial charge >= 0.3 is 6.03 Å². The van der Waals surface area contributed by atoms with Crippen LogP contribution in [0, 0.1) is 0 Å². The fourth-order valence-corrected chi connectivity index (χ4v) is 2.64. The Morgan fingerprint density at radius 3 is 2.35 bits per heavy atom. The normalized spacial score (nSPS) is 17.0. The van der Waals surface area contributed by atoms with Gasteiger partial charge in [-0.1, -0.05) is 45.0 Å². The molecule has 0 radical (unpaired) electrons. The molecule has 1 saturated heterocycles. The number of rotatable bonds is 3. The number of barbiturate groups is 1. The Balaban J connectivity index is 1.87. The third-order valence-corrected chi connectivity index (χ3v) is 4.17. The third-order valence-electron chi connectivity index (χ3n) is 4.17. The first-order chi connectivity index (χ1) is 12.3. The fourth-order valence-electron chi connectivity index (χ4n) is 2.64. The quantitative estimate of drug-likeness (QED) is 0.679. The molecule has 1 fully saturated rings. The number of nitrogens with one attached hydrogen (secondary N) is 1. The zero-order valence-corrected chi connectivity index (χ0v) is 14.9. The van der Waals surface area contributed by atoms with Gasteiger partial charge in [-0.2, -0.15) is 0 Å². The minimum atomic E-state index is -0.753. The Labute approximate surface area is 151 Å². The summed E-state index contributed by atoms with van der Waals surface area (Å²) in [7, 11) is 0. The summed E-state index contributed by atoms with van der Waals surface area (Å²) in [6.07, 6.45) is 2.95. The molecule has 0 bridgehead atoms. The molecule has 6 heteroatoms. The first-order valence-electron chi connectivity index (χ1n) is 8.27. The van der Waals surface area contributed by atoms with Crippen LogP contribution in [0.4, 0.5) is 4.79 Å². The highest BCUT2D eigenvalue weighted by Gasteiger charge is 2.36. The standard InChI is InChI=1S/C20H20N2O4/c1-20(2,3)14-8-6-13(7-9-14)11-16-17(23)21-19(25)22(18(16)24)12-15-5-4-10-26-15/h4-11H,12H2,1-3H3,(H,21,23,25)/b16-11+. The molecule has 1 N–H and O–H groups in total. The van der Waals surface area contributed by atoms with Crippen LogP contribution in [0.15, 0.2) is 52.7 Å². The number of imide groups is 2. The number of hydrogen-bond donors (Lipinski definition) is 1. The summed E-state index contributed by atoms with van der Waals surface area (Å²) in [6.45, 7) is 6.29. The summed E-state index contributed by atoms with van der Waals surface area (Å²) in [4.78, 5) is 37.7. The largest absolute Gasteiger partial charge is 0.467 e. The van der Waals surface area contributed by atoms with Gasteiger partial charge in [0.05, 0.1) is 12.8 Å². The van der Waals surface area contributed by atoms with Crippen molar-refractivity contribution in [3.05, 3.63) is 65.1 Å². The minimum Gasteiger partial charge on any atom is -0.467 e. The van der Waals surface area contributed by atoms with Crippen molar-refractivity contribution in [2.75, 3.05) is 0 Å². The monoisotopic (exact) mass is 352 g/mol. The number of urea groups is 1. The van der Waals surface area contributed by atoms with Gasteiger partial charge in [0.25, 0.3) is 11.8 Å². The number of benzene rings is 1. The van der Waals surface area contributed by atoms with Crippen molar-refractivity contribution in [3.63, 3.8) is 0 Å². The fraction of sp³-hybridized carbons (Fsp3) is 0.250. The van der Waals surface area contributed by atoms with Gasteiger partial charge in [-0.15, -0.1) is 0 Å². The molecule has 0 aliphatic carbocycles. The number of furan rings is 1. The van der Waals surface area contributed by atoms with Gasteiger partial charge in [0.1, 0.15) is 11.3 Å². The Hall–Kier alpha value is -3.15. The van der Waals surface area contributed by atoms with Crippen LogP contribution in [0.25, 0.3) is 6.08 Å². The van der Waals surface area contributed by atoms with E-state index < -0.39 is 17.8 Å². The van der Waals surface area contributed by atoms with E-state index in [0.717, 1.165) is 10.5 Å². The molecule has 0 unspecified atom stereocenters. The van der Waals surface area contributed by atoms with Crippen LogP contribution in [0.3, 0.4) is 0 Å². The Kier molecular flexibility index (Phi) is 4.50. The summed E-state index contributed by atoms with van der Waals surface area (Å²) >= 11 is 0. The van der Waals surface area contributed by atoms with E-state index in [0.29, 0.717) is 11.3 Å². The lowest BCUT2D eigenvalue weighted by Gasteiger charge is -2.25. The van der Waals surface area contributed by atoms with E-state index in [1.54, 1.807) is 12.1 Å². The topological polar surface area (TPSA) is 79.6 Å². The van der Waals surface area contributed by atoms with Crippen molar-refractivity contribution in [2.45, 2.75) is 32.7 Å². The molecule has 1 aromatic heterocycles. The number of carbonyl (C=O) groups is 3. The molecule has 1 aliphatic heterocycles. The van der Waals surface area contributed by atoms with Gasteiger partial charge in [0.2, 0.25) is 0 Å². The smallest absolute Gasteiger partial charge is 0.331 e. The molecule has 1 aromatic carbocycles. The number of nitrogens with zero attached hydrogens (tertiary/aromatic N) is 1. The maximum atomic E-state index is 12.6. The summed E-state index contributed by atoms with van der Waals surface area (Å²) in [5.41, 5.74) is 1.79. The van der Waals surface area contributed by atoms with Crippen molar-refractivity contribution >= 4 is 23.9 Å². The Morgan fingerprint density at radius 2 is 1.77 bits per heavy atom. The second-order valence-electron chi connectivity index (χ2n) is 7.16. The SMILES string of the molecule is CC(C)(C)c1ccc(/C=C2\C(=O)NC(=O)N(Cc3ccco3)C2=O)cc1. The minimum absolute atomic E-state index is 0.00989. The van der Waals surface area contributed by atoms with Crippen LogP contribution in [0.2, 0.25) is 0 Å². The van der Waals surface area contributed by atoms with Crippen LogP contribution in [-0.2, 0) is 21.5 Å². The van der Waals surface area contributed by atoms with Gasteiger partial charge in [0, 0.05) is 0 Å². The molecule has 4 amide bonds. The summed E-state index contributed by atoms with van der Waals surface area (Å²) in [5, 5.41) is 2.20. The maximum Gasteiger partial charge on any atom is 0.331 e. The van der Waals surface area contributed by atoms with Crippen molar-refractivity contribution in [3.8, 4) is 0 Å². The molecule has 0 spiro atoms. The lowest BCUT2D eigenvalue weighted by atomic mass is 9.86. The van der Waals surface area contributed by atoms with Gasteiger partial charge < -0.3 is 4.42 Å². The zero-order chi connectivity index (χ0) is 18.9. The highest BCUT2D eigenvalue weighted by Crippen LogP contribution is 2.23. The second kappa shape index (κ2) is 6.63. The highest BCUT2D eigenvalue weighted by molar-refractivity contribution is 6.30. The average Bonchev–Trinajstić information content (AvgIpc) is 3.08. The van der Waals surface area contributed by atoms with E-state index in [4.69, 9.17) is 4.42 Å². The van der Waals surface area contributed by atoms with Crippen molar-refractivity contribution in [1.29, 1.82) is 0 Å². The number of hydrogen-bond acceptors (Lipinski definition) is 4. The molecule has 0 saturated carbocycles. The van der Waals surface area contributed by atoms with Crippen LogP contribution in [-0.4, -0.2) is 22.7 Å². The zero-order valence-electron chi connectivity index (χ0n) is 14.9. The molecule has 1 aliphatic rings. The van der Waals surface area contributed by atoms with Gasteiger partial charge in [0.15, 0.2) is 0 Å². The van der Waals surface area contributed by atoms with Crippen molar-refractivity contribution in [2.24, 2.45) is 0 Å². The Bertz CT molecular complexity index is 872. The molecule has 2 heterocycles. The predicted molar refractivity (Wildman–Crippen MR) is 95.9 cm³/mol. The lowest BCUT2D eigenvalue weighted by molar-refractivity contribution is -0.130. The molecular weight excluding hydrogens is 332 g/mol. The van der Waals surface area contributed by atoms with Crippen molar-refractivity contribution < 1.29 is 18.8 Å². The number of amides is 4. The van der Waals surface area contributed by atoms with Gasteiger partial charge in [-0.25, -0.2) is 4.79 Å². The van der Waals surface area contributed by atoms with E-state index in [1.807, 2.05) is 24.3 Å². The average molecular weight is 352 g/mol. The maximum absolute atomic E-state index is 12.6. The van der Waals surface area contributed by atoms with E-state index in [2.05, 4.69) is 26.1 Å². The van der Waals surface area contributed by atoms with Crippen molar-refractivity contribution in [1.82, 2.24) is 10.2 Å². The molecule has 6 nitrogen and oxygen atoms in total. The van der Waals surface area contributed by atoms with E-state index in [-0.39, 0.29) is 17.5 Å². The molecular formula is C20H20N2O4. The summed E-state index contributed by atoms with van der Waals surface area (Å²) in [5.74, 6) is -0.887. The molecule has 0 atom stereocenters. The third kappa shape index (κ3) is 3.59. The first kappa shape index (κ1) is 17.7. The predicted octanol–water partition coefficient (Wildman–Crippen LogP) is 3.24. The summed E-state index contributed by atoms with van der Waals surface area (Å²) < 4.78 is 5.18. The lowest BCUT2D eigenvalue weighted by Crippen LogP contribution is -2.53. The second-order valence-corrected chi connectivity index (χ2v) is 7.16. The first-order valence-corrected chi connectivity index (χ1v) is 8.27. The van der Waals surface area contributed by atoms with Gasteiger partial charge in [-0.05, 0) is 34.8 Å². The molecule has 3 rings (SSSR count). The van der Waals surface area contributed by atoms with E-state index in [1.165, 1.54) is 12.3 Å². The molecule has 26 heavy (non-hydrogen) atoms. The molecule has 2 aromatic rings. The van der Waals surface area contributed by atoms with Crippen LogP contribution in [0.1, 0.15) is 37.7 Å². The highest BCUT2D eigenvalue weighted by atomic mass is 16.3. The van der Waals surface area contributed by atoms with E-state index in [9.17, 15) is 14.4 Å². The number of carbonyl (C=O) groups excluding carboxylic acids is 3.